The van der Waals surface area contributed by atoms with Crippen molar-refractivity contribution in [2.75, 3.05) is 0 Å². The first-order valence-electron chi connectivity index (χ1n) is 10.1. The Kier molecular flexibility index (Phi) is 6.22. The Hall–Kier alpha value is -4.45. The van der Waals surface area contributed by atoms with Gasteiger partial charge in [-0.1, -0.05) is 91.0 Å². The number of imidazole rings is 1. The highest BCUT2D eigenvalue weighted by molar-refractivity contribution is 5.84. The second kappa shape index (κ2) is 9.57. The number of H-pyrrole nitrogens is 2. The second-order valence-corrected chi connectivity index (χ2v) is 7.08. The largest absolute Gasteiger partial charge is 0.481 e. The van der Waals surface area contributed by atoms with Gasteiger partial charge < -0.3 is 10.1 Å². The number of carboxylic acid groups (broad SMARTS) is 1. The number of benzene rings is 3. The van der Waals surface area contributed by atoms with E-state index in [4.69, 9.17) is 14.9 Å². The topological polar surface area (TPSA) is 94.7 Å². The fourth-order valence-electron chi connectivity index (χ4n) is 3.41. The fraction of sp³-hybridized carbons (Fsp3) is 0.0385. The Balaban J connectivity index is 0.000000567. The molecule has 0 aliphatic heterocycles. The average molecular weight is 422 g/mol. The lowest BCUT2D eigenvalue weighted by Crippen LogP contribution is -1.84. The van der Waals surface area contributed by atoms with Gasteiger partial charge in [-0.25, -0.2) is 4.98 Å². The van der Waals surface area contributed by atoms with Crippen molar-refractivity contribution < 1.29 is 9.90 Å². The van der Waals surface area contributed by atoms with Gasteiger partial charge in [0.15, 0.2) is 0 Å². The van der Waals surface area contributed by atoms with E-state index in [1.807, 2.05) is 60.8 Å². The van der Waals surface area contributed by atoms with Gasteiger partial charge in [0.05, 0.1) is 28.8 Å². The summed E-state index contributed by atoms with van der Waals surface area (Å²) in [6, 6.07) is 30.7. The quantitative estimate of drug-likeness (QED) is 0.336. The molecule has 0 spiro atoms. The summed E-state index contributed by atoms with van der Waals surface area (Å²) in [4.78, 5) is 17.5. The molecule has 0 fully saturated rings. The molecule has 5 aromatic rings. The normalized spacial score (nSPS) is 10.3. The molecule has 0 saturated heterocycles. The van der Waals surface area contributed by atoms with Crippen molar-refractivity contribution in [3.05, 3.63) is 97.2 Å². The highest BCUT2D eigenvalue weighted by atomic mass is 16.4. The first kappa shape index (κ1) is 20.8. The van der Waals surface area contributed by atoms with Gasteiger partial charge in [0.1, 0.15) is 5.82 Å². The molecule has 3 N–H and O–H groups in total. The lowest BCUT2D eigenvalue weighted by molar-refractivity contribution is -0.134. The molecule has 2 heterocycles. The van der Waals surface area contributed by atoms with E-state index in [1.165, 1.54) is 0 Å². The summed E-state index contributed by atoms with van der Waals surface area (Å²) in [5.74, 6) is -0.0368. The number of aromatic amines is 2. The SMILES string of the molecule is CC(=O)O.c1ccc(-c2nc(-c3cn[nH]c3-c3ccccc3)[nH]c2-c2ccccc2)cc1. The first-order chi connectivity index (χ1) is 15.6. The van der Waals surface area contributed by atoms with E-state index in [-0.39, 0.29) is 0 Å². The molecule has 3 aromatic carbocycles. The summed E-state index contributed by atoms with van der Waals surface area (Å²) in [6.07, 6.45) is 1.82. The fourth-order valence-corrected chi connectivity index (χ4v) is 3.41. The van der Waals surface area contributed by atoms with Gasteiger partial charge in [0.25, 0.3) is 5.97 Å². The van der Waals surface area contributed by atoms with Gasteiger partial charge in [0.2, 0.25) is 0 Å². The zero-order valence-corrected chi connectivity index (χ0v) is 17.5. The second-order valence-electron chi connectivity index (χ2n) is 7.08. The van der Waals surface area contributed by atoms with E-state index >= 15 is 0 Å². The zero-order chi connectivity index (χ0) is 22.3. The van der Waals surface area contributed by atoms with Crippen LogP contribution in [0.25, 0.3) is 45.2 Å². The summed E-state index contributed by atoms with van der Waals surface area (Å²) in [5.41, 5.74) is 7.09. The zero-order valence-electron chi connectivity index (χ0n) is 17.5. The third-order valence-electron chi connectivity index (χ3n) is 4.77. The summed E-state index contributed by atoms with van der Waals surface area (Å²) >= 11 is 0. The number of aliphatic carboxylic acids is 1. The maximum atomic E-state index is 9.00. The monoisotopic (exact) mass is 422 g/mol. The van der Waals surface area contributed by atoms with Crippen LogP contribution in [0.1, 0.15) is 6.92 Å². The highest BCUT2D eigenvalue weighted by Crippen LogP contribution is 2.35. The summed E-state index contributed by atoms with van der Waals surface area (Å²) in [6.45, 7) is 1.08. The van der Waals surface area contributed by atoms with E-state index in [9.17, 15) is 0 Å². The van der Waals surface area contributed by atoms with Crippen molar-refractivity contribution in [3.8, 4) is 45.2 Å². The molecule has 0 bridgehead atoms. The van der Waals surface area contributed by atoms with E-state index in [2.05, 4.69) is 51.6 Å². The minimum Gasteiger partial charge on any atom is -0.481 e. The van der Waals surface area contributed by atoms with E-state index in [0.717, 1.165) is 52.1 Å². The van der Waals surface area contributed by atoms with E-state index < -0.39 is 5.97 Å². The maximum Gasteiger partial charge on any atom is 0.300 e. The summed E-state index contributed by atoms with van der Waals surface area (Å²) < 4.78 is 0. The minimum atomic E-state index is -0.833. The third-order valence-corrected chi connectivity index (χ3v) is 4.77. The molecule has 32 heavy (non-hydrogen) atoms. The molecular weight excluding hydrogens is 400 g/mol. The van der Waals surface area contributed by atoms with Gasteiger partial charge in [-0.15, -0.1) is 0 Å². The Morgan fingerprint density at radius 2 is 1.22 bits per heavy atom. The number of hydrogen-bond acceptors (Lipinski definition) is 3. The molecule has 6 nitrogen and oxygen atoms in total. The van der Waals surface area contributed by atoms with Crippen molar-refractivity contribution in [1.82, 2.24) is 20.2 Å². The van der Waals surface area contributed by atoms with Crippen molar-refractivity contribution in [1.29, 1.82) is 0 Å². The number of carboxylic acids is 1. The molecule has 0 aliphatic rings. The molecule has 0 amide bonds. The Labute approximate surface area is 185 Å². The predicted octanol–water partition coefficient (Wildman–Crippen LogP) is 5.89. The summed E-state index contributed by atoms with van der Waals surface area (Å²) in [5, 5.41) is 14.8. The Morgan fingerprint density at radius 1 is 0.750 bits per heavy atom. The molecular formula is C26H22N4O2. The van der Waals surface area contributed by atoms with Crippen LogP contribution in [0, 0.1) is 0 Å². The molecule has 0 aliphatic carbocycles. The number of rotatable bonds is 4. The molecule has 0 unspecified atom stereocenters. The standard InChI is InChI=1S/C24H18N4.C2H4O2/c1-4-10-17(11-5-1)21-20(16-25-28-21)24-26-22(18-12-6-2-7-13-18)23(27-24)19-14-8-3-9-15-19;1-2(3)4/h1-16H,(H,25,28)(H,26,27);1H3,(H,3,4). The van der Waals surface area contributed by atoms with Gasteiger partial charge in [-0.2, -0.15) is 5.10 Å². The van der Waals surface area contributed by atoms with Crippen LogP contribution in [0.5, 0.6) is 0 Å². The third kappa shape index (κ3) is 4.65. The number of nitrogens with one attached hydrogen (secondary N) is 2. The molecule has 0 saturated carbocycles. The minimum absolute atomic E-state index is 0.797. The van der Waals surface area contributed by atoms with Crippen molar-refractivity contribution in [2.24, 2.45) is 0 Å². The average Bonchev–Trinajstić information content (AvgIpc) is 3.48. The molecule has 2 aromatic heterocycles. The van der Waals surface area contributed by atoms with Crippen molar-refractivity contribution in [3.63, 3.8) is 0 Å². The Morgan fingerprint density at radius 3 is 1.75 bits per heavy atom. The molecule has 0 radical (unpaired) electrons. The number of carbonyl (C=O) groups is 1. The lowest BCUT2D eigenvalue weighted by Gasteiger charge is -2.02. The van der Waals surface area contributed by atoms with Crippen molar-refractivity contribution in [2.45, 2.75) is 6.92 Å². The van der Waals surface area contributed by atoms with Crippen LogP contribution in [0.2, 0.25) is 0 Å². The number of hydrogen-bond donors (Lipinski definition) is 3. The van der Waals surface area contributed by atoms with Crippen LogP contribution in [0.4, 0.5) is 0 Å². The van der Waals surface area contributed by atoms with E-state index in [0.29, 0.717) is 0 Å². The van der Waals surface area contributed by atoms with Crippen LogP contribution in [-0.4, -0.2) is 31.2 Å². The van der Waals surface area contributed by atoms with Gasteiger partial charge in [0, 0.05) is 23.6 Å². The van der Waals surface area contributed by atoms with Crippen LogP contribution in [-0.2, 0) is 4.79 Å². The molecule has 5 rings (SSSR count). The lowest BCUT2D eigenvalue weighted by atomic mass is 10.1. The smallest absolute Gasteiger partial charge is 0.300 e. The summed E-state index contributed by atoms with van der Waals surface area (Å²) in [7, 11) is 0. The Bertz CT molecular complexity index is 1230. The van der Waals surface area contributed by atoms with Crippen LogP contribution < -0.4 is 0 Å². The van der Waals surface area contributed by atoms with Crippen LogP contribution in [0.15, 0.2) is 97.2 Å². The van der Waals surface area contributed by atoms with Gasteiger partial charge in [-0.05, 0) is 0 Å². The highest BCUT2D eigenvalue weighted by Gasteiger charge is 2.18. The molecule has 0 atom stereocenters. The van der Waals surface area contributed by atoms with Crippen molar-refractivity contribution >= 4 is 5.97 Å². The molecule has 6 heteroatoms. The maximum absolute atomic E-state index is 9.00. The van der Waals surface area contributed by atoms with Gasteiger partial charge in [-0.3, -0.25) is 9.89 Å². The number of aromatic nitrogens is 4. The molecule has 158 valence electrons. The van der Waals surface area contributed by atoms with Crippen LogP contribution in [0.3, 0.4) is 0 Å². The first-order valence-corrected chi connectivity index (χ1v) is 10.1. The van der Waals surface area contributed by atoms with Crippen LogP contribution >= 0.6 is 0 Å². The predicted molar refractivity (Wildman–Crippen MR) is 126 cm³/mol. The number of nitrogens with zero attached hydrogens (tertiary/aromatic N) is 2. The van der Waals surface area contributed by atoms with Gasteiger partial charge >= 0.3 is 0 Å². The van der Waals surface area contributed by atoms with E-state index in [1.54, 1.807) is 0 Å².